The van der Waals surface area contributed by atoms with Gasteiger partial charge in [-0.05, 0) is 108 Å². The van der Waals surface area contributed by atoms with Gasteiger partial charge in [-0.1, -0.05) is 151 Å². The number of rotatable bonds is 9. The van der Waals surface area contributed by atoms with Gasteiger partial charge in [0.05, 0.1) is 16.6 Å². The van der Waals surface area contributed by atoms with Crippen molar-refractivity contribution in [3.05, 3.63) is 192 Å². The molecule has 0 saturated heterocycles. The van der Waals surface area contributed by atoms with Crippen molar-refractivity contribution in [2.75, 3.05) is 0 Å². The van der Waals surface area contributed by atoms with Crippen LogP contribution in [0.2, 0.25) is 0 Å². The van der Waals surface area contributed by atoms with Crippen LogP contribution in [0, 0.1) is 32.8 Å². The molecule has 298 valence electrons. The van der Waals surface area contributed by atoms with Gasteiger partial charge in [0, 0.05) is 38.6 Å². The first-order valence-electron chi connectivity index (χ1n) is 20.4. The predicted molar refractivity (Wildman–Crippen MR) is 245 cm³/mol. The monoisotopic (exact) mass is 959 g/mol. The minimum atomic E-state index is 0. The van der Waals surface area contributed by atoms with E-state index in [4.69, 9.17) is 9.97 Å². The third kappa shape index (κ3) is 8.01. The molecule has 0 fully saturated rings. The first kappa shape index (κ1) is 40.4. The molecule has 5 heteroatoms. The fraction of sp³-hybridized carbons (Fsp3) is 0.127. The van der Waals surface area contributed by atoms with Crippen LogP contribution >= 0.6 is 0 Å². The molecular formula is C55H46N3OPt-. The maximum absolute atomic E-state index is 11.7. The van der Waals surface area contributed by atoms with Crippen molar-refractivity contribution in [3.63, 3.8) is 0 Å². The smallest absolute Gasteiger partial charge is 0.148 e. The summed E-state index contributed by atoms with van der Waals surface area (Å²) in [6.07, 6.45) is 2.80. The molecule has 0 aliphatic rings. The van der Waals surface area contributed by atoms with Crippen LogP contribution in [0.5, 0.6) is 5.75 Å². The Hall–Kier alpha value is -6.35. The van der Waals surface area contributed by atoms with Crippen LogP contribution < -0.4 is 0 Å². The predicted octanol–water partition coefficient (Wildman–Crippen LogP) is 14.0. The second kappa shape index (κ2) is 17.1. The minimum absolute atomic E-state index is 0. The molecule has 2 heterocycles. The van der Waals surface area contributed by atoms with Gasteiger partial charge in [0.2, 0.25) is 0 Å². The van der Waals surface area contributed by atoms with Gasteiger partial charge in [-0.15, -0.1) is 23.8 Å². The summed E-state index contributed by atoms with van der Waals surface area (Å²) in [7, 11) is 0. The van der Waals surface area contributed by atoms with Crippen LogP contribution in [0.3, 0.4) is 0 Å². The molecule has 0 saturated carbocycles. The van der Waals surface area contributed by atoms with Crippen molar-refractivity contribution in [3.8, 4) is 78.6 Å². The van der Waals surface area contributed by atoms with Gasteiger partial charge in [-0.3, -0.25) is 9.55 Å². The van der Waals surface area contributed by atoms with Crippen LogP contribution in [0.15, 0.2) is 164 Å². The number of benzene rings is 7. The second-order valence-corrected chi connectivity index (χ2v) is 16.1. The maximum atomic E-state index is 11.7. The molecule has 1 N–H and O–H groups in total. The van der Waals surface area contributed by atoms with Crippen LogP contribution in [0.1, 0.15) is 36.1 Å². The summed E-state index contributed by atoms with van der Waals surface area (Å²) in [4.78, 5) is 10.4. The summed E-state index contributed by atoms with van der Waals surface area (Å²) in [5, 5.41) is 11.7. The van der Waals surface area contributed by atoms with E-state index >= 15 is 0 Å². The van der Waals surface area contributed by atoms with E-state index in [1.165, 1.54) is 22.3 Å². The number of hydrogen-bond donors (Lipinski definition) is 1. The second-order valence-electron chi connectivity index (χ2n) is 16.1. The van der Waals surface area contributed by atoms with E-state index in [0.717, 1.165) is 78.9 Å². The molecule has 7 aromatic carbocycles. The van der Waals surface area contributed by atoms with Gasteiger partial charge in [0.25, 0.3) is 0 Å². The van der Waals surface area contributed by atoms with Gasteiger partial charge < -0.3 is 5.11 Å². The molecular weight excluding hydrogens is 914 g/mol. The maximum Gasteiger partial charge on any atom is 0.148 e. The van der Waals surface area contributed by atoms with E-state index in [0.29, 0.717) is 17.3 Å². The number of pyridine rings is 1. The van der Waals surface area contributed by atoms with Crippen LogP contribution in [0.25, 0.3) is 83.9 Å². The molecule has 0 aliphatic carbocycles. The van der Waals surface area contributed by atoms with E-state index in [1.807, 2.05) is 31.3 Å². The summed E-state index contributed by atoms with van der Waals surface area (Å²) in [6.45, 7) is 10.7. The fourth-order valence-electron chi connectivity index (χ4n) is 8.27. The van der Waals surface area contributed by atoms with Gasteiger partial charge >= 0.3 is 0 Å². The number of aryl methyl sites for hydroxylation is 3. The topological polar surface area (TPSA) is 50.9 Å². The zero-order chi connectivity index (χ0) is 40.6. The van der Waals surface area contributed by atoms with E-state index in [9.17, 15) is 5.11 Å². The molecule has 0 aliphatic heterocycles. The van der Waals surface area contributed by atoms with E-state index in [2.05, 4.69) is 178 Å². The average molecular weight is 960 g/mol. The summed E-state index contributed by atoms with van der Waals surface area (Å²) < 4.78 is 2.22. The van der Waals surface area contributed by atoms with Gasteiger partial charge in [-0.25, -0.2) is 4.98 Å². The molecule has 4 nitrogen and oxygen atoms in total. The Kier molecular flexibility index (Phi) is 11.5. The molecule has 0 unspecified atom stereocenters. The third-order valence-electron chi connectivity index (χ3n) is 11.1. The number of aromatic nitrogens is 3. The number of hydrogen-bond acceptors (Lipinski definition) is 3. The Morgan fingerprint density at radius 2 is 1.28 bits per heavy atom. The Morgan fingerprint density at radius 1 is 0.583 bits per heavy atom. The van der Waals surface area contributed by atoms with E-state index in [1.54, 1.807) is 0 Å². The van der Waals surface area contributed by atoms with Crippen molar-refractivity contribution in [1.82, 2.24) is 14.5 Å². The zero-order valence-corrected chi connectivity index (χ0v) is 36.8. The molecule has 0 bridgehead atoms. The van der Waals surface area contributed by atoms with Gasteiger partial charge in [-0.2, -0.15) is 0 Å². The number of imidazole rings is 1. The first-order valence-corrected chi connectivity index (χ1v) is 20.4. The Bertz CT molecular complexity index is 2970. The quantitative estimate of drug-likeness (QED) is 0.147. The summed E-state index contributed by atoms with van der Waals surface area (Å²) >= 11 is 0. The number of nitrogens with zero attached hydrogens (tertiary/aromatic N) is 3. The molecule has 60 heavy (non-hydrogen) atoms. The molecule has 9 rings (SSSR count). The first-order chi connectivity index (χ1) is 28.7. The number of para-hydroxylation sites is 1. The Balaban J connectivity index is 0.00000499. The summed E-state index contributed by atoms with van der Waals surface area (Å²) in [6, 6.07) is 59.3. The summed E-state index contributed by atoms with van der Waals surface area (Å²) in [5.74, 6) is 1.37. The number of phenols is 1. The van der Waals surface area contributed by atoms with E-state index in [-0.39, 0.29) is 26.8 Å². The molecule has 9 aromatic rings. The average Bonchev–Trinajstić information content (AvgIpc) is 3.65. The van der Waals surface area contributed by atoms with E-state index < -0.39 is 0 Å². The Labute approximate surface area is 367 Å². The number of phenolic OH excluding ortho intramolecular Hbond substituents is 1. The van der Waals surface area contributed by atoms with Crippen molar-refractivity contribution < 1.29 is 26.2 Å². The molecule has 0 spiro atoms. The fourth-order valence-corrected chi connectivity index (χ4v) is 8.27. The minimum Gasteiger partial charge on any atom is -0.507 e. The summed E-state index contributed by atoms with van der Waals surface area (Å²) in [5.41, 5.74) is 18.3. The standard InChI is InChI=1S/C55H46N3O.Pt/c1-35(2)27-44-33-47(23-24-48(44)41-15-10-7-11-16-41)58-52-18-12-17-49(53(52)57-55(58)50-29-37(4)28-38(5)54(50)59)45-30-43(39-13-8-6-9-14-39)31-46(32-45)51-34-42(25-26-56-51)40-21-19-36(3)20-22-40;/h6-26,28-31,33-35,59H,27H2,1-5H3;/q-1;. The SMILES string of the molecule is Cc1ccc(-c2ccnc(-c3[c-]c(-c4cccc5c4nc(-c4cc(C)cc(C)c4O)n5-c4ccc(-c5ccccc5)c(CC(C)C)c4)cc(-c4ccccc4)c3)c2)cc1.[Pt]. The molecule has 0 atom stereocenters. The van der Waals surface area contributed by atoms with Gasteiger partial charge in [0.15, 0.2) is 0 Å². The molecule has 0 amide bonds. The van der Waals surface area contributed by atoms with Crippen molar-refractivity contribution in [2.24, 2.45) is 5.92 Å². The zero-order valence-electron chi connectivity index (χ0n) is 34.5. The van der Waals surface area contributed by atoms with Crippen LogP contribution in [-0.4, -0.2) is 19.6 Å². The number of fused-ring (bicyclic) bond motifs is 1. The van der Waals surface area contributed by atoms with Crippen molar-refractivity contribution in [2.45, 2.75) is 41.0 Å². The molecule has 0 radical (unpaired) electrons. The largest absolute Gasteiger partial charge is 0.507 e. The Morgan fingerprint density at radius 3 is 2.02 bits per heavy atom. The normalized spacial score (nSPS) is 11.2. The van der Waals surface area contributed by atoms with Crippen LogP contribution in [-0.2, 0) is 27.5 Å². The van der Waals surface area contributed by atoms with Crippen molar-refractivity contribution in [1.29, 1.82) is 0 Å². The number of aromatic hydroxyl groups is 1. The third-order valence-corrected chi connectivity index (χ3v) is 11.1. The van der Waals surface area contributed by atoms with Crippen molar-refractivity contribution >= 4 is 11.0 Å². The van der Waals surface area contributed by atoms with Gasteiger partial charge in [0.1, 0.15) is 11.6 Å². The van der Waals surface area contributed by atoms with Crippen LogP contribution in [0.4, 0.5) is 0 Å². The molecule has 2 aromatic heterocycles.